The quantitative estimate of drug-likeness (QED) is 0.715. The molecule has 0 spiro atoms. The van der Waals surface area contributed by atoms with Gasteiger partial charge in [-0.2, -0.15) is 0 Å². The number of nitrogens with two attached hydrogens (primary N) is 1. The summed E-state index contributed by atoms with van der Waals surface area (Å²) in [5, 5.41) is 0. The molecule has 16 heavy (non-hydrogen) atoms. The lowest BCUT2D eigenvalue weighted by Crippen LogP contribution is -2.04. The van der Waals surface area contributed by atoms with Crippen LogP contribution in [0.25, 0.3) is 0 Å². The van der Waals surface area contributed by atoms with Gasteiger partial charge in [-0.25, -0.2) is 0 Å². The summed E-state index contributed by atoms with van der Waals surface area (Å²) in [6.07, 6.45) is 7.08. The van der Waals surface area contributed by atoms with E-state index in [1.807, 2.05) is 0 Å². The molecule has 0 fully saturated rings. The maximum atomic E-state index is 6.10. The largest absolute Gasteiger partial charge is 0.398 e. The number of anilines is 1. The van der Waals surface area contributed by atoms with Gasteiger partial charge < -0.3 is 5.73 Å². The maximum Gasteiger partial charge on any atom is 0.0349 e. The van der Waals surface area contributed by atoms with Crippen molar-refractivity contribution in [2.75, 3.05) is 5.73 Å². The number of benzene rings is 1. The van der Waals surface area contributed by atoms with Gasteiger partial charge in [0.25, 0.3) is 0 Å². The highest BCUT2D eigenvalue weighted by Crippen LogP contribution is 2.25. The monoisotopic (exact) mass is 219 g/mol. The SMILES string of the molecule is CCCc1ccc(N)c(CCC)c1CCC. The summed E-state index contributed by atoms with van der Waals surface area (Å²) in [4.78, 5) is 0. The Balaban J connectivity index is 3.14. The first-order valence-corrected chi connectivity index (χ1v) is 6.63. The summed E-state index contributed by atoms with van der Waals surface area (Å²) in [6, 6.07) is 4.32. The molecular weight excluding hydrogens is 194 g/mol. The second-order valence-electron chi connectivity index (χ2n) is 4.52. The predicted molar refractivity (Wildman–Crippen MR) is 72.8 cm³/mol. The normalized spacial score (nSPS) is 10.7. The lowest BCUT2D eigenvalue weighted by atomic mass is 9.91. The average Bonchev–Trinajstić information content (AvgIpc) is 2.27. The molecule has 0 aliphatic heterocycles. The molecule has 1 heteroatoms. The highest BCUT2D eigenvalue weighted by molar-refractivity contribution is 5.54. The van der Waals surface area contributed by atoms with Crippen LogP contribution in [-0.4, -0.2) is 0 Å². The molecule has 90 valence electrons. The van der Waals surface area contributed by atoms with Gasteiger partial charge in [-0.15, -0.1) is 0 Å². The number of rotatable bonds is 6. The minimum atomic E-state index is 0.991. The first-order valence-electron chi connectivity index (χ1n) is 6.63. The third kappa shape index (κ3) is 3.01. The minimum absolute atomic E-state index is 0.991. The van der Waals surface area contributed by atoms with Crippen LogP contribution in [-0.2, 0) is 19.3 Å². The van der Waals surface area contributed by atoms with E-state index in [0.29, 0.717) is 0 Å². The highest BCUT2D eigenvalue weighted by Gasteiger charge is 2.09. The molecule has 1 aromatic rings. The van der Waals surface area contributed by atoms with E-state index in [-0.39, 0.29) is 0 Å². The van der Waals surface area contributed by atoms with Crippen LogP contribution in [0.15, 0.2) is 12.1 Å². The van der Waals surface area contributed by atoms with Crippen LogP contribution in [0.2, 0.25) is 0 Å². The Morgan fingerprint density at radius 2 is 1.38 bits per heavy atom. The van der Waals surface area contributed by atoms with E-state index < -0.39 is 0 Å². The van der Waals surface area contributed by atoms with Crippen LogP contribution in [0.3, 0.4) is 0 Å². The molecule has 0 radical (unpaired) electrons. The molecule has 1 nitrogen and oxygen atoms in total. The first kappa shape index (κ1) is 13.1. The average molecular weight is 219 g/mol. The van der Waals surface area contributed by atoms with Crippen molar-refractivity contribution in [3.05, 3.63) is 28.8 Å². The van der Waals surface area contributed by atoms with Crippen LogP contribution in [0.1, 0.15) is 56.7 Å². The van der Waals surface area contributed by atoms with E-state index in [2.05, 4.69) is 32.9 Å². The summed E-state index contributed by atoms with van der Waals surface area (Å²) in [7, 11) is 0. The van der Waals surface area contributed by atoms with Gasteiger partial charge in [-0.3, -0.25) is 0 Å². The lowest BCUT2D eigenvalue weighted by Gasteiger charge is -2.16. The molecule has 0 unspecified atom stereocenters. The van der Waals surface area contributed by atoms with Crippen LogP contribution in [0.4, 0.5) is 5.69 Å². The molecular formula is C15H25N. The van der Waals surface area contributed by atoms with E-state index >= 15 is 0 Å². The zero-order valence-electron chi connectivity index (χ0n) is 11.0. The smallest absolute Gasteiger partial charge is 0.0349 e. The van der Waals surface area contributed by atoms with E-state index in [9.17, 15) is 0 Å². The molecule has 1 aromatic carbocycles. The topological polar surface area (TPSA) is 26.0 Å². The van der Waals surface area contributed by atoms with Gasteiger partial charge in [0.15, 0.2) is 0 Å². The molecule has 0 amide bonds. The van der Waals surface area contributed by atoms with E-state index in [0.717, 1.165) is 12.1 Å². The van der Waals surface area contributed by atoms with E-state index in [4.69, 9.17) is 5.73 Å². The summed E-state index contributed by atoms with van der Waals surface area (Å²) in [5.74, 6) is 0. The molecule has 0 saturated heterocycles. The van der Waals surface area contributed by atoms with Crippen molar-refractivity contribution in [2.45, 2.75) is 59.3 Å². The Labute approximate surface area is 100 Å². The molecule has 1 rings (SSSR count). The first-order chi connectivity index (χ1) is 7.74. The molecule has 0 saturated carbocycles. The number of hydrogen-bond acceptors (Lipinski definition) is 1. The molecule has 0 heterocycles. The maximum absolute atomic E-state index is 6.10. The summed E-state index contributed by atoms with van der Waals surface area (Å²) >= 11 is 0. The third-order valence-electron chi connectivity index (χ3n) is 3.08. The van der Waals surface area contributed by atoms with Crippen molar-refractivity contribution >= 4 is 5.69 Å². The molecule has 0 atom stereocenters. The third-order valence-corrected chi connectivity index (χ3v) is 3.08. The fourth-order valence-electron chi connectivity index (χ4n) is 2.37. The fraction of sp³-hybridized carbons (Fsp3) is 0.600. The van der Waals surface area contributed by atoms with Crippen LogP contribution in [0.5, 0.6) is 0 Å². The molecule has 0 bridgehead atoms. The molecule has 0 aliphatic carbocycles. The zero-order chi connectivity index (χ0) is 12.0. The zero-order valence-corrected chi connectivity index (χ0v) is 11.0. The second kappa shape index (κ2) is 6.57. The predicted octanol–water partition coefficient (Wildman–Crippen LogP) is 4.13. The Morgan fingerprint density at radius 3 is 1.94 bits per heavy atom. The number of aryl methyl sites for hydroxylation is 1. The summed E-state index contributed by atoms with van der Waals surface area (Å²) in [5.41, 5.74) is 11.6. The Bertz CT molecular complexity index is 328. The summed E-state index contributed by atoms with van der Waals surface area (Å²) < 4.78 is 0. The van der Waals surface area contributed by atoms with Crippen LogP contribution >= 0.6 is 0 Å². The number of hydrogen-bond donors (Lipinski definition) is 1. The van der Waals surface area contributed by atoms with Crippen LogP contribution in [0, 0.1) is 0 Å². The van der Waals surface area contributed by atoms with Gasteiger partial charge in [0.1, 0.15) is 0 Å². The van der Waals surface area contributed by atoms with Crippen molar-refractivity contribution in [1.82, 2.24) is 0 Å². The minimum Gasteiger partial charge on any atom is -0.398 e. The van der Waals surface area contributed by atoms with Gasteiger partial charge in [0.05, 0.1) is 0 Å². The van der Waals surface area contributed by atoms with Gasteiger partial charge >= 0.3 is 0 Å². The van der Waals surface area contributed by atoms with E-state index in [1.54, 1.807) is 0 Å². The van der Waals surface area contributed by atoms with E-state index in [1.165, 1.54) is 48.8 Å². The molecule has 0 aromatic heterocycles. The Hall–Kier alpha value is -0.980. The van der Waals surface area contributed by atoms with Crippen molar-refractivity contribution in [2.24, 2.45) is 0 Å². The van der Waals surface area contributed by atoms with Gasteiger partial charge in [0.2, 0.25) is 0 Å². The molecule has 0 aliphatic rings. The fourth-order valence-corrected chi connectivity index (χ4v) is 2.37. The van der Waals surface area contributed by atoms with Gasteiger partial charge in [-0.1, -0.05) is 46.1 Å². The van der Waals surface area contributed by atoms with Crippen molar-refractivity contribution in [3.63, 3.8) is 0 Å². The second-order valence-corrected chi connectivity index (χ2v) is 4.52. The lowest BCUT2D eigenvalue weighted by molar-refractivity contribution is 0.827. The van der Waals surface area contributed by atoms with Gasteiger partial charge in [0, 0.05) is 5.69 Å². The highest BCUT2D eigenvalue weighted by atomic mass is 14.6. The van der Waals surface area contributed by atoms with Crippen molar-refractivity contribution in [1.29, 1.82) is 0 Å². The molecule has 2 N–H and O–H groups in total. The van der Waals surface area contributed by atoms with Crippen molar-refractivity contribution in [3.8, 4) is 0 Å². The van der Waals surface area contributed by atoms with Gasteiger partial charge in [-0.05, 0) is 42.0 Å². The Morgan fingerprint density at radius 1 is 0.812 bits per heavy atom. The summed E-state index contributed by atoms with van der Waals surface area (Å²) in [6.45, 7) is 6.71. The standard InChI is InChI=1S/C15H25N/c1-4-7-12-10-11-15(16)14(9-6-3)13(12)8-5-2/h10-11H,4-9,16H2,1-3H3. The van der Waals surface area contributed by atoms with Crippen molar-refractivity contribution < 1.29 is 0 Å². The number of nitrogen functional groups attached to an aromatic ring is 1. The Kier molecular flexibility index (Phi) is 5.37. The van der Waals surface area contributed by atoms with Crippen LogP contribution < -0.4 is 5.73 Å².